The smallest absolute Gasteiger partial charge is 0.134 e. The summed E-state index contributed by atoms with van der Waals surface area (Å²) in [7, 11) is 0. The summed E-state index contributed by atoms with van der Waals surface area (Å²) in [6, 6.07) is 14.4. The fourth-order valence-electron chi connectivity index (χ4n) is 2.09. The van der Waals surface area contributed by atoms with Crippen molar-refractivity contribution in [3.05, 3.63) is 72.4 Å². The van der Waals surface area contributed by atoms with Gasteiger partial charge in [0.05, 0.1) is 0 Å². The van der Waals surface area contributed by atoms with Gasteiger partial charge in [-0.15, -0.1) is 0 Å². The molecule has 0 atom stereocenters. The van der Waals surface area contributed by atoms with Crippen LogP contribution >= 0.6 is 0 Å². The van der Waals surface area contributed by atoms with E-state index >= 15 is 0 Å². The third-order valence-electron chi connectivity index (χ3n) is 3.22. The van der Waals surface area contributed by atoms with E-state index in [1.54, 1.807) is 12.1 Å². The van der Waals surface area contributed by atoms with Crippen molar-refractivity contribution in [2.75, 3.05) is 5.73 Å². The first-order valence-corrected chi connectivity index (χ1v) is 6.76. The summed E-state index contributed by atoms with van der Waals surface area (Å²) in [5, 5.41) is 0. The Kier molecular flexibility index (Phi) is 3.96. The Labute approximate surface area is 127 Å². The Bertz CT molecular complexity index is 778. The summed E-state index contributed by atoms with van der Waals surface area (Å²) >= 11 is 0. The average Bonchev–Trinajstić information content (AvgIpc) is 2.55. The number of ether oxygens (including phenoxy) is 1. The molecule has 5 heteroatoms. The zero-order chi connectivity index (χ0) is 15.4. The number of halogens is 1. The highest BCUT2D eigenvalue weighted by Gasteiger charge is 2.10. The van der Waals surface area contributed by atoms with Crippen molar-refractivity contribution in [3.63, 3.8) is 0 Å². The number of nitrogens with two attached hydrogens (primary N) is 1. The van der Waals surface area contributed by atoms with Crippen LogP contribution in [0.3, 0.4) is 0 Å². The van der Waals surface area contributed by atoms with E-state index in [0.29, 0.717) is 23.5 Å². The van der Waals surface area contributed by atoms with Gasteiger partial charge in [0, 0.05) is 23.4 Å². The van der Waals surface area contributed by atoms with Gasteiger partial charge in [0.2, 0.25) is 0 Å². The quantitative estimate of drug-likeness (QED) is 0.801. The summed E-state index contributed by atoms with van der Waals surface area (Å²) in [6.07, 6.45) is 2.82. The van der Waals surface area contributed by atoms with E-state index in [1.165, 1.54) is 18.6 Å². The van der Waals surface area contributed by atoms with Gasteiger partial charge in [-0.1, -0.05) is 30.3 Å². The molecule has 1 aromatic heterocycles. The summed E-state index contributed by atoms with van der Waals surface area (Å²) in [6.45, 7) is 0.385. The van der Waals surface area contributed by atoms with Crippen LogP contribution in [0.2, 0.25) is 0 Å². The van der Waals surface area contributed by atoms with E-state index in [9.17, 15) is 4.39 Å². The second-order valence-corrected chi connectivity index (χ2v) is 4.74. The second-order valence-electron chi connectivity index (χ2n) is 4.74. The highest BCUT2D eigenvalue weighted by molar-refractivity contribution is 5.73. The molecule has 0 aliphatic heterocycles. The minimum Gasteiger partial charge on any atom is -0.489 e. The molecule has 0 amide bonds. The van der Waals surface area contributed by atoms with Crippen LogP contribution in [0.4, 0.5) is 10.2 Å². The van der Waals surface area contributed by atoms with Crippen molar-refractivity contribution < 1.29 is 9.13 Å². The van der Waals surface area contributed by atoms with Crippen LogP contribution in [-0.2, 0) is 6.61 Å². The molecule has 0 saturated heterocycles. The van der Waals surface area contributed by atoms with E-state index in [2.05, 4.69) is 9.97 Å². The maximum atomic E-state index is 14.3. The zero-order valence-electron chi connectivity index (χ0n) is 11.7. The molecule has 0 aliphatic rings. The lowest BCUT2D eigenvalue weighted by Crippen LogP contribution is -1.98. The Balaban J connectivity index is 1.79. The van der Waals surface area contributed by atoms with Crippen molar-refractivity contribution in [1.82, 2.24) is 9.97 Å². The van der Waals surface area contributed by atoms with Crippen LogP contribution in [0.1, 0.15) is 5.56 Å². The molecule has 0 unspecified atom stereocenters. The molecule has 2 N–H and O–H groups in total. The van der Waals surface area contributed by atoms with E-state index in [1.807, 2.05) is 30.3 Å². The van der Waals surface area contributed by atoms with Crippen LogP contribution in [0, 0.1) is 5.82 Å². The molecule has 4 nitrogen and oxygen atoms in total. The normalized spacial score (nSPS) is 10.4. The van der Waals surface area contributed by atoms with Gasteiger partial charge >= 0.3 is 0 Å². The van der Waals surface area contributed by atoms with Gasteiger partial charge in [0.1, 0.15) is 30.3 Å². The van der Waals surface area contributed by atoms with Gasteiger partial charge in [-0.2, -0.15) is 0 Å². The molecule has 1 heterocycles. The molecule has 110 valence electrons. The molecule has 0 saturated carbocycles. The summed E-state index contributed by atoms with van der Waals surface area (Å²) < 4.78 is 19.8. The van der Waals surface area contributed by atoms with E-state index in [0.717, 1.165) is 5.56 Å². The summed E-state index contributed by atoms with van der Waals surface area (Å²) in [5.41, 5.74) is 7.59. The number of nitrogen functional groups attached to an aromatic ring is 1. The fourth-order valence-corrected chi connectivity index (χ4v) is 2.09. The molecule has 0 bridgehead atoms. The highest BCUT2D eigenvalue weighted by atomic mass is 19.1. The minimum atomic E-state index is -0.424. The van der Waals surface area contributed by atoms with Gasteiger partial charge in [-0.25, -0.2) is 14.4 Å². The van der Waals surface area contributed by atoms with Crippen molar-refractivity contribution >= 4 is 5.82 Å². The Hall–Kier alpha value is -2.95. The second kappa shape index (κ2) is 6.22. The average molecular weight is 295 g/mol. The molecule has 3 rings (SSSR count). The van der Waals surface area contributed by atoms with Gasteiger partial charge in [-0.3, -0.25) is 0 Å². The first-order valence-electron chi connectivity index (χ1n) is 6.76. The molecular formula is C17H14FN3O. The van der Waals surface area contributed by atoms with E-state index in [-0.39, 0.29) is 5.82 Å². The first kappa shape index (κ1) is 14.0. The largest absolute Gasteiger partial charge is 0.489 e. The number of hydrogen-bond acceptors (Lipinski definition) is 4. The Morgan fingerprint density at radius 1 is 1.05 bits per heavy atom. The predicted octanol–water partition coefficient (Wildman–Crippen LogP) is 3.44. The van der Waals surface area contributed by atoms with Crippen LogP contribution < -0.4 is 10.5 Å². The van der Waals surface area contributed by atoms with Crippen molar-refractivity contribution in [1.29, 1.82) is 0 Å². The van der Waals surface area contributed by atoms with Gasteiger partial charge in [-0.05, 0) is 17.7 Å². The standard InChI is InChI=1S/C17H14FN3O/c18-16-8-13(22-10-12-4-2-1-3-5-12)6-7-14(16)15-9-20-11-21-17(15)19/h1-9,11H,10H2,(H2,19,20,21). The maximum Gasteiger partial charge on any atom is 0.134 e. The number of hydrogen-bond donors (Lipinski definition) is 1. The molecule has 0 fully saturated rings. The number of rotatable bonds is 4. The predicted molar refractivity (Wildman–Crippen MR) is 82.6 cm³/mol. The van der Waals surface area contributed by atoms with Crippen LogP contribution in [-0.4, -0.2) is 9.97 Å². The third-order valence-corrected chi connectivity index (χ3v) is 3.22. The fraction of sp³-hybridized carbons (Fsp3) is 0.0588. The Morgan fingerprint density at radius 2 is 1.86 bits per heavy atom. The van der Waals surface area contributed by atoms with Gasteiger partial charge < -0.3 is 10.5 Å². The van der Waals surface area contributed by atoms with E-state index in [4.69, 9.17) is 10.5 Å². The van der Waals surface area contributed by atoms with E-state index < -0.39 is 5.82 Å². The molecule has 3 aromatic rings. The van der Waals surface area contributed by atoms with Crippen LogP contribution in [0.25, 0.3) is 11.1 Å². The molecule has 0 radical (unpaired) electrons. The Morgan fingerprint density at radius 3 is 2.59 bits per heavy atom. The number of nitrogens with zero attached hydrogens (tertiary/aromatic N) is 2. The lowest BCUT2D eigenvalue weighted by molar-refractivity contribution is 0.304. The lowest BCUT2D eigenvalue weighted by Gasteiger charge is -2.09. The molecule has 0 aliphatic carbocycles. The molecule has 0 spiro atoms. The SMILES string of the molecule is Nc1ncncc1-c1ccc(OCc2ccccc2)cc1F. The monoisotopic (exact) mass is 295 g/mol. The zero-order valence-corrected chi connectivity index (χ0v) is 11.7. The maximum absolute atomic E-state index is 14.3. The third kappa shape index (κ3) is 3.03. The summed E-state index contributed by atoms with van der Waals surface area (Å²) in [4.78, 5) is 7.74. The van der Waals surface area contributed by atoms with Gasteiger partial charge in [0.15, 0.2) is 0 Å². The van der Waals surface area contributed by atoms with Crippen molar-refractivity contribution in [3.8, 4) is 16.9 Å². The first-order chi connectivity index (χ1) is 10.7. The summed E-state index contributed by atoms with van der Waals surface area (Å²) in [5.74, 6) is 0.277. The van der Waals surface area contributed by atoms with Gasteiger partial charge in [0.25, 0.3) is 0 Å². The van der Waals surface area contributed by atoms with Crippen LogP contribution in [0.15, 0.2) is 61.1 Å². The topological polar surface area (TPSA) is 61.0 Å². The molecule has 22 heavy (non-hydrogen) atoms. The molecular weight excluding hydrogens is 281 g/mol. The minimum absolute atomic E-state index is 0.242. The van der Waals surface area contributed by atoms with Crippen molar-refractivity contribution in [2.24, 2.45) is 0 Å². The number of aromatic nitrogens is 2. The highest BCUT2D eigenvalue weighted by Crippen LogP contribution is 2.28. The number of anilines is 1. The number of benzene rings is 2. The van der Waals surface area contributed by atoms with Crippen molar-refractivity contribution in [2.45, 2.75) is 6.61 Å². The van der Waals surface area contributed by atoms with Crippen LogP contribution in [0.5, 0.6) is 5.75 Å². The molecule has 2 aromatic carbocycles. The lowest BCUT2D eigenvalue weighted by atomic mass is 10.1.